The second-order valence-corrected chi connectivity index (χ2v) is 7.17. The minimum Gasteiger partial charge on any atom is -0.452 e. The lowest BCUT2D eigenvalue weighted by Gasteiger charge is -2.15. The number of amides is 2. The third-order valence-corrected chi connectivity index (χ3v) is 5.16. The highest BCUT2D eigenvalue weighted by atomic mass is 32.2. The first-order valence-electron chi connectivity index (χ1n) is 9.05. The lowest BCUT2D eigenvalue weighted by atomic mass is 10.2. The van der Waals surface area contributed by atoms with E-state index in [0.717, 1.165) is 38.8 Å². The van der Waals surface area contributed by atoms with Crippen molar-refractivity contribution in [3.8, 4) is 0 Å². The van der Waals surface area contributed by atoms with E-state index in [1.54, 1.807) is 18.2 Å². The minimum absolute atomic E-state index is 0.0889. The van der Waals surface area contributed by atoms with Gasteiger partial charge in [-0.25, -0.2) is 4.79 Å². The molecule has 7 heteroatoms. The van der Waals surface area contributed by atoms with Crippen LogP contribution in [0, 0.1) is 0 Å². The molecule has 1 aliphatic heterocycles. The molecule has 1 N–H and O–H groups in total. The molecular weight excluding hydrogens is 352 g/mol. The molecule has 6 nitrogen and oxygen atoms in total. The standard InChI is InChI=1S/C19H26N2O4S/c1-2-3-10-20-17(22)13-25-19(24)15-8-4-5-9-16(15)26-14-18(23)21-11-6-7-12-21/h4-5,8-9H,2-3,6-7,10-14H2,1H3,(H,20,22). The Balaban J connectivity index is 1.85. The second kappa shape index (κ2) is 10.9. The number of likely N-dealkylation sites (tertiary alicyclic amines) is 1. The van der Waals surface area contributed by atoms with Crippen molar-refractivity contribution in [3.05, 3.63) is 29.8 Å². The van der Waals surface area contributed by atoms with Crippen LogP contribution in [0.5, 0.6) is 0 Å². The van der Waals surface area contributed by atoms with Crippen molar-refractivity contribution in [2.24, 2.45) is 0 Å². The van der Waals surface area contributed by atoms with Crippen LogP contribution < -0.4 is 5.32 Å². The molecule has 1 aromatic carbocycles. The van der Waals surface area contributed by atoms with Gasteiger partial charge in [0.25, 0.3) is 5.91 Å². The summed E-state index contributed by atoms with van der Waals surface area (Å²) in [7, 11) is 0. The maximum Gasteiger partial charge on any atom is 0.339 e. The summed E-state index contributed by atoms with van der Waals surface area (Å²) in [6, 6.07) is 7.00. The molecule has 26 heavy (non-hydrogen) atoms. The molecule has 1 heterocycles. The number of carbonyl (C=O) groups is 3. The monoisotopic (exact) mass is 378 g/mol. The predicted octanol–water partition coefficient (Wildman–Crippen LogP) is 2.47. The highest BCUT2D eigenvalue weighted by Gasteiger charge is 2.20. The van der Waals surface area contributed by atoms with Gasteiger partial charge in [-0.05, 0) is 31.4 Å². The predicted molar refractivity (Wildman–Crippen MR) is 101 cm³/mol. The summed E-state index contributed by atoms with van der Waals surface area (Å²) in [5.74, 6) is -0.471. The SMILES string of the molecule is CCCCNC(=O)COC(=O)c1ccccc1SCC(=O)N1CCCC1. The Labute approximate surface area is 158 Å². The van der Waals surface area contributed by atoms with Gasteiger partial charge in [-0.15, -0.1) is 11.8 Å². The van der Waals surface area contributed by atoms with Gasteiger partial charge in [0.15, 0.2) is 6.61 Å². The van der Waals surface area contributed by atoms with E-state index >= 15 is 0 Å². The van der Waals surface area contributed by atoms with Gasteiger partial charge in [0.2, 0.25) is 5.91 Å². The summed E-state index contributed by atoms with van der Waals surface area (Å²) in [5, 5.41) is 2.70. The van der Waals surface area contributed by atoms with E-state index in [2.05, 4.69) is 5.32 Å². The van der Waals surface area contributed by atoms with Crippen molar-refractivity contribution in [2.75, 3.05) is 32.0 Å². The summed E-state index contributed by atoms with van der Waals surface area (Å²) < 4.78 is 5.11. The highest BCUT2D eigenvalue weighted by molar-refractivity contribution is 8.00. The van der Waals surface area contributed by atoms with E-state index in [0.29, 0.717) is 22.8 Å². The third-order valence-electron chi connectivity index (χ3n) is 4.10. The normalized spacial score (nSPS) is 13.5. The Kier molecular flexibility index (Phi) is 8.47. The van der Waals surface area contributed by atoms with Gasteiger partial charge < -0.3 is 15.0 Å². The van der Waals surface area contributed by atoms with Gasteiger partial charge in [0.1, 0.15) is 0 Å². The minimum atomic E-state index is -0.549. The zero-order chi connectivity index (χ0) is 18.8. The highest BCUT2D eigenvalue weighted by Crippen LogP contribution is 2.24. The van der Waals surface area contributed by atoms with E-state index in [1.165, 1.54) is 11.8 Å². The molecule has 0 radical (unpaired) electrons. The molecule has 1 saturated heterocycles. The van der Waals surface area contributed by atoms with Crippen LogP contribution in [-0.2, 0) is 14.3 Å². The lowest BCUT2D eigenvalue weighted by Crippen LogP contribution is -2.30. The Hall–Kier alpha value is -2.02. The average molecular weight is 378 g/mol. The summed E-state index contributed by atoms with van der Waals surface area (Å²) in [6.07, 6.45) is 3.99. The maximum atomic E-state index is 12.3. The fourth-order valence-electron chi connectivity index (χ4n) is 2.62. The molecule has 0 saturated carbocycles. The van der Waals surface area contributed by atoms with Gasteiger partial charge in [0, 0.05) is 24.5 Å². The Morgan fingerprint density at radius 3 is 2.65 bits per heavy atom. The number of rotatable bonds is 9. The number of hydrogen-bond donors (Lipinski definition) is 1. The molecule has 1 aromatic rings. The molecule has 2 rings (SSSR count). The van der Waals surface area contributed by atoms with E-state index < -0.39 is 5.97 Å². The zero-order valence-corrected chi connectivity index (χ0v) is 16.0. The summed E-state index contributed by atoms with van der Waals surface area (Å²) in [6.45, 7) is 3.95. The van der Waals surface area contributed by atoms with E-state index in [-0.39, 0.29) is 18.4 Å². The van der Waals surface area contributed by atoms with Gasteiger partial charge in [-0.2, -0.15) is 0 Å². The lowest BCUT2D eigenvalue weighted by molar-refractivity contribution is -0.127. The number of ether oxygens (including phenoxy) is 1. The largest absolute Gasteiger partial charge is 0.452 e. The molecule has 2 amide bonds. The van der Waals surface area contributed by atoms with Crippen LogP contribution in [0.3, 0.4) is 0 Å². The summed E-state index contributed by atoms with van der Waals surface area (Å²) >= 11 is 1.33. The quantitative estimate of drug-likeness (QED) is 0.406. The number of benzene rings is 1. The zero-order valence-electron chi connectivity index (χ0n) is 15.2. The van der Waals surface area contributed by atoms with Crippen LogP contribution in [0.15, 0.2) is 29.2 Å². The van der Waals surface area contributed by atoms with Crippen LogP contribution in [0.2, 0.25) is 0 Å². The fraction of sp³-hybridized carbons (Fsp3) is 0.526. The molecule has 0 atom stereocenters. The van der Waals surface area contributed by atoms with Crippen LogP contribution in [-0.4, -0.2) is 54.7 Å². The number of unbranched alkanes of at least 4 members (excludes halogenated alkanes) is 1. The van der Waals surface area contributed by atoms with E-state index in [4.69, 9.17) is 4.74 Å². The molecule has 0 aromatic heterocycles. The van der Waals surface area contributed by atoms with Crippen LogP contribution in [0.25, 0.3) is 0 Å². The number of hydrogen-bond acceptors (Lipinski definition) is 5. The van der Waals surface area contributed by atoms with E-state index in [9.17, 15) is 14.4 Å². The first-order chi connectivity index (χ1) is 12.6. The Morgan fingerprint density at radius 1 is 1.19 bits per heavy atom. The average Bonchev–Trinajstić information content (AvgIpc) is 3.19. The Morgan fingerprint density at radius 2 is 1.92 bits per heavy atom. The van der Waals surface area contributed by atoms with Gasteiger partial charge >= 0.3 is 5.97 Å². The molecule has 1 aliphatic rings. The molecular formula is C19H26N2O4S. The number of nitrogens with zero attached hydrogens (tertiary/aromatic N) is 1. The number of carbonyl (C=O) groups excluding carboxylic acids is 3. The second-order valence-electron chi connectivity index (χ2n) is 6.15. The fourth-order valence-corrected chi connectivity index (χ4v) is 3.57. The van der Waals surface area contributed by atoms with Crippen LogP contribution in [0.1, 0.15) is 43.0 Å². The maximum absolute atomic E-state index is 12.3. The number of thioether (sulfide) groups is 1. The molecule has 0 aliphatic carbocycles. The van der Waals surface area contributed by atoms with Crippen molar-refractivity contribution in [3.63, 3.8) is 0 Å². The van der Waals surface area contributed by atoms with Gasteiger partial charge in [-0.3, -0.25) is 9.59 Å². The first kappa shape index (κ1) is 20.3. The van der Waals surface area contributed by atoms with Crippen LogP contribution in [0.4, 0.5) is 0 Å². The number of esters is 1. The van der Waals surface area contributed by atoms with Gasteiger partial charge in [-0.1, -0.05) is 25.5 Å². The number of nitrogens with one attached hydrogen (secondary N) is 1. The van der Waals surface area contributed by atoms with Gasteiger partial charge in [0.05, 0.1) is 11.3 Å². The van der Waals surface area contributed by atoms with Crippen molar-refractivity contribution >= 4 is 29.5 Å². The summed E-state index contributed by atoms with van der Waals surface area (Å²) in [4.78, 5) is 38.7. The summed E-state index contributed by atoms with van der Waals surface area (Å²) in [5.41, 5.74) is 0.382. The van der Waals surface area contributed by atoms with Crippen molar-refractivity contribution in [1.29, 1.82) is 0 Å². The molecule has 1 fully saturated rings. The van der Waals surface area contributed by atoms with Crippen molar-refractivity contribution < 1.29 is 19.1 Å². The topological polar surface area (TPSA) is 75.7 Å². The molecule has 142 valence electrons. The Bertz CT molecular complexity index is 630. The molecule has 0 spiro atoms. The van der Waals surface area contributed by atoms with Crippen LogP contribution >= 0.6 is 11.8 Å². The first-order valence-corrected chi connectivity index (χ1v) is 10.0. The smallest absolute Gasteiger partial charge is 0.339 e. The third kappa shape index (κ3) is 6.37. The van der Waals surface area contributed by atoms with Crippen molar-refractivity contribution in [1.82, 2.24) is 10.2 Å². The molecule has 0 unspecified atom stereocenters. The molecule has 0 bridgehead atoms. The van der Waals surface area contributed by atoms with E-state index in [1.807, 2.05) is 17.9 Å². The van der Waals surface area contributed by atoms with Crippen molar-refractivity contribution in [2.45, 2.75) is 37.5 Å².